The zero-order valence-corrected chi connectivity index (χ0v) is 23.5. The van der Waals surface area contributed by atoms with Crippen molar-refractivity contribution < 1.29 is 9.53 Å². The van der Waals surface area contributed by atoms with Gasteiger partial charge in [-0.3, -0.25) is 0 Å². The summed E-state index contributed by atoms with van der Waals surface area (Å²) in [6.07, 6.45) is 6.78. The first kappa shape index (κ1) is 26.8. The molecule has 3 N–H and O–H groups in total. The number of ether oxygens (including phenoxy) is 1. The zero-order valence-electron chi connectivity index (χ0n) is 22.0. The molecule has 1 aromatic heterocycles. The van der Waals surface area contributed by atoms with Crippen molar-refractivity contribution in [3.05, 3.63) is 45.6 Å². The smallest absolute Gasteiger partial charge is 0.407 e. The summed E-state index contributed by atoms with van der Waals surface area (Å²) in [5.74, 6) is 2.51. The van der Waals surface area contributed by atoms with E-state index < -0.39 is 5.60 Å². The summed E-state index contributed by atoms with van der Waals surface area (Å²) >= 11 is 12.3. The molecule has 4 fully saturated rings. The molecule has 0 saturated heterocycles. The van der Waals surface area contributed by atoms with Gasteiger partial charge in [0.15, 0.2) is 0 Å². The van der Waals surface area contributed by atoms with Crippen LogP contribution in [0.3, 0.4) is 0 Å². The number of alkyl carbamates (subject to hydrolysis) is 1. The minimum atomic E-state index is -0.508. The van der Waals surface area contributed by atoms with E-state index >= 15 is 0 Å². The van der Waals surface area contributed by atoms with E-state index in [1.807, 2.05) is 26.8 Å². The van der Waals surface area contributed by atoms with Gasteiger partial charge < -0.3 is 20.7 Å². The number of nitriles is 1. The highest BCUT2D eigenvalue weighted by molar-refractivity contribution is 6.35. The quantitative estimate of drug-likeness (QED) is 0.361. The first-order valence-corrected chi connectivity index (χ1v) is 14.0. The molecule has 38 heavy (non-hydrogen) atoms. The van der Waals surface area contributed by atoms with Crippen molar-refractivity contribution in [2.75, 3.05) is 17.2 Å². The van der Waals surface area contributed by atoms with Crippen molar-refractivity contribution in [2.45, 2.75) is 71.1 Å². The zero-order chi connectivity index (χ0) is 27.1. The fourth-order valence-corrected chi connectivity index (χ4v) is 7.36. The lowest BCUT2D eigenvalue weighted by molar-refractivity contribution is -0.0703. The van der Waals surface area contributed by atoms with E-state index in [0.29, 0.717) is 51.7 Å². The number of anilines is 2. The summed E-state index contributed by atoms with van der Waals surface area (Å²) in [5.41, 5.74) is 0.910. The minimum absolute atomic E-state index is 0.130. The minimum Gasteiger partial charge on any atom is -0.444 e. The number of aromatic nitrogens is 2. The van der Waals surface area contributed by atoms with Gasteiger partial charge in [0, 0.05) is 29.2 Å². The Morgan fingerprint density at radius 2 is 1.92 bits per heavy atom. The lowest BCUT2D eigenvalue weighted by Gasteiger charge is -2.60. The maximum Gasteiger partial charge on any atom is 0.407 e. The van der Waals surface area contributed by atoms with Gasteiger partial charge in [-0.25, -0.2) is 9.78 Å². The van der Waals surface area contributed by atoms with Crippen LogP contribution in [0.2, 0.25) is 10.0 Å². The first-order chi connectivity index (χ1) is 18.0. The second kappa shape index (κ2) is 10.4. The standard InChI is InChI=1S/C28H34Cl2N6O2/c1-27(2,3)38-26(37)35-23-18-6-16-7-19(23)11-28(9-16,10-18)15-34-24-20(12-31)14-33-25(36-24)32-13-17-4-5-21(29)8-22(17)30/h4-5,8,14,16,18-19,23H,6-7,9-11,13,15H2,1-3H3,(H,35,37)(H2,32,33,34,36)/t16?,18-,19+,23?,28?. The van der Waals surface area contributed by atoms with Crippen LogP contribution in [0.25, 0.3) is 0 Å². The van der Waals surface area contributed by atoms with Crippen LogP contribution in [-0.4, -0.2) is 34.2 Å². The van der Waals surface area contributed by atoms with Crippen molar-refractivity contribution in [2.24, 2.45) is 23.2 Å². The van der Waals surface area contributed by atoms with Crippen LogP contribution in [0.15, 0.2) is 24.4 Å². The number of nitrogens with zero attached hydrogens (tertiary/aromatic N) is 3. The summed E-state index contributed by atoms with van der Waals surface area (Å²) in [6.45, 7) is 6.84. The second-order valence-corrected chi connectivity index (χ2v) is 13.0. The number of carbonyl (C=O) groups is 1. The van der Waals surface area contributed by atoms with Gasteiger partial charge in [-0.15, -0.1) is 0 Å². The number of amides is 1. The Hall–Kier alpha value is -2.76. The van der Waals surface area contributed by atoms with Gasteiger partial charge in [0.1, 0.15) is 23.1 Å². The molecule has 2 aromatic rings. The van der Waals surface area contributed by atoms with Gasteiger partial charge >= 0.3 is 6.09 Å². The Morgan fingerprint density at radius 3 is 2.58 bits per heavy atom. The average Bonchev–Trinajstić information content (AvgIpc) is 2.83. The van der Waals surface area contributed by atoms with Gasteiger partial charge in [0.2, 0.25) is 5.95 Å². The molecular formula is C28H34Cl2N6O2. The topological polar surface area (TPSA) is 112 Å². The van der Waals surface area contributed by atoms with Gasteiger partial charge in [0.05, 0.1) is 6.20 Å². The Balaban J connectivity index is 1.24. The van der Waals surface area contributed by atoms with E-state index in [0.717, 1.165) is 37.8 Å². The summed E-state index contributed by atoms with van der Waals surface area (Å²) < 4.78 is 5.54. The fourth-order valence-electron chi connectivity index (χ4n) is 6.88. The van der Waals surface area contributed by atoms with Crippen LogP contribution in [0.1, 0.15) is 64.0 Å². The van der Waals surface area contributed by atoms with Gasteiger partial charge in [-0.05, 0) is 93.7 Å². The summed E-state index contributed by atoms with van der Waals surface area (Å²) in [4.78, 5) is 21.4. The number of benzene rings is 1. The summed E-state index contributed by atoms with van der Waals surface area (Å²) in [7, 11) is 0. The van der Waals surface area contributed by atoms with E-state index in [2.05, 4.69) is 32.0 Å². The molecule has 1 heterocycles. The monoisotopic (exact) mass is 556 g/mol. The van der Waals surface area contributed by atoms with Crippen LogP contribution in [0.5, 0.6) is 0 Å². The molecule has 8 nitrogen and oxygen atoms in total. The van der Waals surface area contributed by atoms with E-state index in [1.54, 1.807) is 18.3 Å². The van der Waals surface area contributed by atoms with E-state index in [9.17, 15) is 10.1 Å². The molecule has 0 spiro atoms. The lowest BCUT2D eigenvalue weighted by atomic mass is 9.48. The first-order valence-electron chi connectivity index (χ1n) is 13.2. The second-order valence-electron chi connectivity index (χ2n) is 12.2. The third-order valence-electron chi connectivity index (χ3n) is 8.08. The maximum atomic E-state index is 12.5. The number of rotatable bonds is 7. The van der Waals surface area contributed by atoms with Crippen molar-refractivity contribution in [3.63, 3.8) is 0 Å². The highest BCUT2D eigenvalue weighted by Crippen LogP contribution is 2.60. The van der Waals surface area contributed by atoms with Crippen LogP contribution < -0.4 is 16.0 Å². The molecule has 3 unspecified atom stereocenters. The number of carbonyl (C=O) groups excluding carboxylic acids is 1. The molecule has 4 bridgehead atoms. The molecular weight excluding hydrogens is 523 g/mol. The van der Waals surface area contributed by atoms with Crippen LogP contribution in [0.4, 0.5) is 16.6 Å². The Bertz CT molecular complexity index is 1240. The molecule has 1 aromatic carbocycles. The maximum absolute atomic E-state index is 12.5. The molecule has 5 atom stereocenters. The number of hydrogen-bond acceptors (Lipinski definition) is 7. The number of halogens is 2. The van der Waals surface area contributed by atoms with Crippen molar-refractivity contribution in [1.82, 2.24) is 15.3 Å². The molecule has 202 valence electrons. The molecule has 1 amide bonds. The molecule has 0 radical (unpaired) electrons. The van der Waals surface area contributed by atoms with Gasteiger partial charge in [-0.2, -0.15) is 10.2 Å². The van der Waals surface area contributed by atoms with Crippen LogP contribution >= 0.6 is 23.2 Å². The van der Waals surface area contributed by atoms with Crippen molar-refractivity contribution in [3.8, 4) is 6.07 Å². The molecule has 4 aliphatic carbocycles. The molecule has 4 saturated carbocycles. The number of nitrogens with one attached hydrogen (secondary N) is 3. The van der Waals surface area contributed by atoms with E-state index in [1.165, 1.54) is 6.42 Å². The fraction of sp³-hybridized carbons (Fsp3) is 0.571. The van der Waals surface area contributed by atoms with Crippen molar-refractivity contribution in [1.29, 1.82) is 5.26 Å². The largest absolute Gasteiger partial charge is 0.444 e. The van der Waals surface area contributed by atoms with E-state index in [4.69, 9.17) is 27.9 Å². The highest BCUT2D eigenvalue weighted by Gasteiger charge is 2.55. The third-order valence-corrected chi connectivity index (χ3v) is 8.66. The third kappa shape index (κ3) is 5.94. The van der Waals surface area contributed by atoms with Gasteiger partial charge in [-0.1, -0.05) is 29.3 Å². The molecule has 10 heteroatoms. The Labute approximate surface area is 233 Å². The predicted molar refractivity (Wildman–Crippen MR) is 148 cm³/mol. The van der Waals surface area contributed by atoms with Crippen molar-refractivity contribution >= 4 is 41.1 Å². The SMILES string of the molecule is CC(C)(C)OC(=O)NC1[C@@H]2CC3C[C@H]1CC(CNc1nc(NCc4ccc(Cl)cc4Cl)ncc1C#N)(C3)C2. The Kier molecular flexibility index (Phi) is 7.36. The lowest BCUT2D eigenvalue weighted by Crippen LogP contribution is -2.60. The number of hydrogen-bond donors (Lipinski definition) is 3. The van der Waals surface area contributed by atoms with Crippen LogP contribution in [-0.2, 0) is 11.3 Å². The van der Waals surface area contributed by atoms with Crippen LogP contribution in [0, 0.1) is 34.5 Å². The molecule has 6 rings (SSSR count). The average molecular weight is 558 g/mol. The predicted octanol–water partition coefficient (Wildman–Crippen LogP) is 6.40. The van der Waals surface area contributed by atoms with E-state index in [-0.39, 0.29) is 17.6 Å². The molecule has 0 aliphatic heterocycles. The summed E-state index contributed by atoms with van der Waals surface area (Å²) in [5, 5.41) is 20.7. The van der Waals surface area contributed by atoms with Gasteiger partial charge in [0.25, 0.3) is 0 Å². The Morgan fingerprint density at radius 1 is 1.18 bits per heavy atom. The normalized spacial score (nSPS) is 27.5. The molecule has 4 aliphatic rings. The highest BCUT2D eigenvalue weighted by atomic mass is 35.5. The summed E-state index contributed by atoms with van der Waals surface area (Å²) in [6, 6.07) is 7.72.